The van der Waals surface area contributed by atoms with Gasteiger partial charge in [-0.2, -0.15) is 0 Å². The van der Waals surface area contributed by atoms with Gasteiger partial charge in [-0.25, -0.2) is 0 Å². The standard InChI is InChI=1S/C9H9ClOS/c10-6-2-1-3-8-4-5-9(7-11)12-8/h1,3-5,7H,2,6H2. The van der Waals surface area contributed by atoms with E-state index in [4.69, 9.17) is 11.6 Å². The van der Waals surface area contributed by atoms with Gasteiger partial charge in [-0.15, -0.1) is 22.9 Å². The van der Waals surface area contributed by atoms with E-state index in [1.165, 1.54) is 11.3 Å². The zero-order valence-electron chi connectivity index (χ0n) is 6.50. The molecule has 0 fully saturated rings. The molecule has 1 aromatic heterocycles. The fourth-order valence-electron chi connectivity index (χ4n) is 0.784. The van der Waals surface area contributed by atoms with Gasteiger partial charge in [0.25, 0.3) is 0 Å². The molecule has 0 bridgehead atoms. The summed E-state index contributed by atoms with van der Waals surface area (Å²) >= 11 is 6.98. The molecular formula is C9H9ClOS. The highest BCUT2D eigenvalue weighted by Gasteiger charge is 1.93. The average molecular weight is 201 g/mol. The molecule has 0 radical (unpaired) electrons. The molecular weight excluding hydrogens is 192 g/mol. The summed E-state index contributed by atoms with van der Waals surface area (Å²) < 4.78 is 0. The molecule has 1 heterocycles. The van der Waals surface area contributed by atoms with E-state index in [0.29, 0.717) is 5.88 Å². The molecule has 12 heavy (non-hydrogen) atoms. The van der Waals surface area contributed by atoms with E-state index in [9.17, 15) is 4.79 Å². The quantitative estimate of drug-likeness (QED) is 0.539. The highest BCUT2D eigenvalue weighted by atomic mass is 35.5. The Bertz CT molecular complexity index is 278. The summed E-state index contributed by atoms with van der Waals surface area (Å²) in [6, 6.07) is 3.75. The molecule has 0 aliphatic carbocycles. The first-order valence-electron chi connectivity index (χ1n) is 3.64. The van der Waals surface area contributed by atoms with Gasteiger partial charge in [0.1, 0.15) is 0 Å². The minimum absolute atomic E-state index is 0.641. The topological polar surface area (TPSA) is 17.1 Å². The van der Waals surface area contributed by atoms with Crippen LogP contribution in [0.3, 0.4) is 0 Å². The summed E-state index contributed by atoms with van der Waals surface area (Å²) in [5, 5.41) is 0. The number of carbonyl (C=O) groups excluding carboxylic acids is 1. The molecule has 0 aliphatic heterocycles. The lowest BCUT2D eigenvalue weighted by Crippen LogP contribution is -1.65. The predicted molar refractivity (Wildman–Crippen MR) is 54.1 cm³/mol. The van der Waals surface area contributed by atoms with Crippen LogP contribution in [0.15, 0.2) is 18.2 Å². The molecule has 0 aliphatic rings. The third kappa shape index (κ3) is 2.80. The Morgan fingerprint density at radius 2 is 2.17 bits per heavy atom. The van der Waals surface area contributed by atoms with E-state index < -0.39 is 0 Å². The fourth-order valence-corrected chi connectivity index (χ4v) is 1.67. The van der Waals surface area contributed by atoms with Crippen LogP contribution in [0.1, 0.15) is 21.0 Å². The number of halogens is 1. The van der Waals surface area contributed by atoms with Crippen molar-refractivity contribution in [3.05, 3.63) is 28.0 Å². The molecule has 0 amide bonds. The molecule has 3 heteroatoms. The van der Waals surface area contributed by atoms with Crippen LogP contribution in [-0.4, -0.2) is 12.2 Å². The van der Waals surface area contributed by atoms with Crippen LogP contribution >= 0.6 is 22.9 Å². The summed E-state index contributed by atoms with van der Waals surface area (Å²) in [6.45, 7) is 0. The van der Waals surface area contributed by atoms with Crippen molar-refractivity contribution in [2.75, 3.05) is 5.88 Å². The molecule has 0 atom stereocenters. The molecule has 0 saturated heterocycles. The Kier molecular flexibility index (Phi) is 4.05. The van der Waals surface area contributed by atoms with E-state index in [-0.39, 0.29) is 0 Å². The Labute approximate surface area is 80.7 Å². The summed E-state index contributed by atoms with van der Waals surface area (Å²) in [6.07, 6.45) is 5.73. The summed E-state index contributed by atoms with van der Waals surface area (Å²) in [5.41, 5.74) is 0. The molecule has 1 aromatic rings. The van der Waals surface area contributed by atoms with Crippen LogP contribution in [-0.2, 0) is 0 Å². The molecule has 1 rings (SSSR count). The van der Waals surface area contributed by atoms with E-state index in [1.807, 2.05) is 24.3 Å². The minimum atomic E-state index is 0.641. The van der Waals surface area contributed by atoms with Crippen LogP contribution in [0.25, 0.3) is 6.08 Å². The number of aldehydes is 1. The highest BCUT2D eigenvalue weighted by molar-refractivity contribution is 7.14. The molecule has 64 valence electrons. The first-order chi connectivity index (χ1) is 5.86. The number of thiophene rings is 1. The minimum Gasteiger partial charge on any atom is -0.297 e. The van der Waals surface area contributed by atoms with Gasteiger partial charge in [0.2, 0.25) is 0 Å². The zero-order chi connectivity index (χ0) is 8.81. The normalized spacial score (nSPS) is 10.8. The van der Waals surface area contributed by atoms with Crippen LogP contribution in [0, 0.1) is 0 Å². The van der Waals surface area contributed by atoms with Crippen molar-refractivity contribution in [1.82, 2.24) is 0 Å². The number of hydrogen-bond donors (Lipinski definition) is 0. The van der Waals surface area contributed by atoms with Crippen molar-refractivity contribution < 1.29 is 4.79 Å². The van der Waals surface area contributed by atoms with Crippen molar-refractivity contribution in [1.29, 1.82) is 0 Å². The largest absolute Gasteiger partial charge is 0.297 e. The van der Waals surface area contributed by atoms with Crippen molar-refractivity contribution in [2.45, 2.75) is 6.42 Å². The monoisotopic (exact) mass is 200 g/mol. The number of rotatable bonds is 4. The summed E-state index contributed by atoms with van der Waals surface area (Å²) in [5.74, 6) is 0.641. The van der Waals surface area contributed by atoms with Crippen molar-refractivity contribution in [3.8, 4) is 0 Å². The highest BCUT2D eigenvalue weighted by Crippen LogP contribution is 2.16. The van der Waals surface area contributed by atoms with Gasteiger partial charge in [0, 0.05) is 10.8 Å². The van der Waals surface area contributed by atoms with Gasteiger partial charge < -0.3 is 0 Å². The first kappa shape index (κ1) is 9.49. The lowest BCUT2D eigenvalue weighted by atomic mass is 10.3. The second-order valence-corrected chi connectivity index (χ2v) is 3.76. The second kappa shape index (κ2) is 5.12. The third-order valence-electron chi connectivity index (χ3n) is 1.32. The number of carbonyl (C=O) groups is 1. The number of alkyl halides is 1. The molecule has 0 saturated carbocycles. The molecule has 0 N–H and O–H groups in total. The molecule has 1 nitrogen and oxygen atoms in total. The van der Waals surface area contributed by atoms with Gasteiger partial charge in [0.15, 0.2) is 6.29 Å². The van der Waals surface area contributed by atoms with Gasteiger partial charge in [-0.05, 0) is 24.6 Å². The first-order valence-corrected chi connectivity index (χ1v) is 4.99. The van der Waals surface area contributed by atoms with Crippen molar-refractivity contribution in [3.63, 3.8) is 0 Å². The van der Waals surface area contributed by atoms with Crippen LogP contribution < -0.4 is 0 Å². The average Bonchev–Trinajstić information content (AvgIpc) is 2.53. The molecule has 0 aromatic carbocycles. The maximum absolute atomic E-state index is 10.3. The van der Waals surface area contributed by atoms with E-state index in [0.717, 1.165) is 22.5 Å². The summed E-state index contributed by atoms with van der Waals surface area (Å²) in [7, 11) is 0. The van der Waals surface area contributed by atoms with Gasteiger partial charge >= 0.3 is 0 Å². The van der Waals surface area contributed by atoms with E-state index in [2.05, 4.69) is 0 Å². The smallest absolute Gasteiger partial charge is 0.160 e. The van der Waals surface area contributed by atoms with Crippen LogP contribution in [0.5, 0.6) is 0 Å². The van der Waals surface area contributed by atoms with Crippen molar-refractivity contribution in [2.24, 2.45) is 0 Å². The number of hydrogen-bond acceptors (Lipinski definition) is 2. The van der Waals surface area contributed by atoms with E-state index >= 15 is 0 Å². The SMILES string of the molecule is O=Cc1ccc(C=CCCCl)s1. The maximum atomic E-state index is 10.3. The maximum Gasteiger partial charge on any atom is 0.160 e. The fraction of sp³-hybridized carbons (Fsp3) is 0.222. The number of allylic oxidation sites excluding steroid dienone is 1. The van der Waals surface area contributed by atoms with Crippen LogP contribution in [0.2, 0.25) is 0 Å². The van der Waals surface area contributed by atoms with Gasteiger partial charge in [0.05, 0.1) is 4.88 Å². The molecule has 0 spiro atoms. The Morgan fingerprint density at radius 3 is 2.75 bits per heavy atom. The molecule has 0 unspecified atom stereocenters. The second-order valence-electron chi connectivity index (χ2n) is 2.24. The third-order valence-corrected chi connectivity index (χ3v) is 2.52. The van der Waals surface area contributed by atoms with Crippen LogP contribution in [0.4, 0.5) is 0 Å². The Morgan fingerprint density at radius 1 is 1.42 bits per heavy atom. The summed E-state index contributed by atoms with van der Waals surface area (Å²) in [4.78, 5) is 12.2. The lowest BCUT2D eigenvalue weighted by Gasteiger charge is -1.82. The van der Waals surface area contributed by atoms with Gasteiger partial charge in [-0.1, -0.05) is 6.08 Å². The Balaban J connectivity index is 2.57. The van der Waals surface area contributed by atoms with Crippen molar-refractivity contribution >= 4 is 35.3 Å². The van der Waals surface area contributed by atoms with Gasteiger partial charge in [-0.3, -0.25) is 4.79 Å². The zero-order valence-corrected chi connectivity index (χ0v) is 8.07. The Hall–Kier alpha value is -0.600. The predicted octanol–water partition coefficient (Wildman–Crippen LogP) is 3.20. The van der Waals surface area contributed by atoms with E-state index in [1.54, 1.807) is 0 Å². The lowest BCUT2D eigenvalue weighted by molar-refractivity contribution is 0.112.